The number of carbonyl (C=O) groups excluding carboxylic acids is 1. The summed E-state index contributed by atoms with van der Waals surface area (Å²) in [6, 6.07) is 11.9. The number of hydrogen-bond donors (Lipinski definition) is 2. The molecule has 0 bridgehead atoms. The van der Waals surface area contributed by atoms with Crippen LogP contribution in [0.25, 0.3) is 0 Å². The van der Waals surface area contributed by atoms with Gasteiger partial charge >= 0.3 is 0 Å². The molecular formula is C24H28ClFN2O2. The summed E-state index contributed by atoms with van der Waals surface area (Å²) in [6.07, 6.45) is 3.23. The second-order valence-corrected chi connectivity index (χ2v) is 8.98. The van der Waals surface area contributed by atoms with Gasteiger partial charge in [0.1, 0.15) is 11.9 Å². The van der Waals surface area contributed by atoms with E-state index in [-0.39, 0.29) is 17.4 Å². The van der Waals surface area contributed by atoms with Gasteiger partial charge in [-0.3, -0.25) is 4.79 Å². The highest BCUT2D eigenvalue weighted by Crippen LogP contribution is 2.29. The molecule has 2 N–H and O–H groups in total. The van der Waals surface area contributed by atoms with Crippen molar-refractivity contribution in [2.45, 2.75) is 44.2 Å². The molecular weight excluding hydrogens is 403 g/mol. The lowest BCUT2D eigenvalue weighted by Gasteiger charge is -2.29. The van der Waals surface area contributed by atoms with Crippen LogP contribution >= 0.6 is 11.6 Å². The summed E-state index contributed by atoms with van der Waals surface area (Å²) in [7, 11) is 0. The Morgan fingerprint density at radius 2 is 1.83 bits per heavy atom. The summed E-state index contributed by atoms with van der Waals surface area (Å²) >= 11 is 6.02. The number of fused-ring (bicyclic) bond motifs is 1. The third-order valence-corrected chi connectivity index (χ3v) is 6.50. The van der Waals surface area contributed by atoms with E-state index in [1.807, 2.05) is 12.1 Å². The Labute approximate surface area is 182 Å². The van der Waals surface area contributed by atoms with Gasteiger partial charge in [-0.2, -0.15) is 0 Å². The van der Waals surface area contributed by atoms with E-state index in [4.69, 9.17) is 11.6 Å². The predicted molar refractivity (Wildman–Crippen MR) is 116 cm³/mol. The van der Waals surface area contributed by atoms with Crippen LogP contribution in [0.5, 0.6) is 0 Å². The first kappa shape index (κ1) is 21.3. The van der Waals surface area contributed by atoms with E-state index in [2.05, 4.69) is 22.3 Å². The predicted octanol–water partition coefficient (Wildman–Crippen LogP) is 3.90. The van der Waals surface area contributed by atoms with Gasteiger partial charge in [0.05, 0.1) is 6.04 Å². The monoisotopic (exact) mass is 430 g/mol. The van der Waals surface area contributed by atoms with Gasteiger partial charge in [-0.15, -0.1) is 0 Å². The molecule has 30 heavy (non-hydrogen) atoms. The molecule has 0 spiro atoms. The first-order valence-corrected chi connectivity index (χ1v) is 11.1. The fraction of sp³-hybridized carbons (Fsp3) is 0.458. The SMILES string of the molecule is O=C(CC1Cc2ccccc2C1)NC(CN1CCCC1)C(O)c1cc(Cl)ccc1F. The molecule has 2 aromatic rings. The number of likely N-dealkylation sites (tertiary alicyclic amines) is 1. The Balaban J connectivity index is 1.44. The maximum absolute atomic E-state index is 14.4. The van der Waals surface area contributed by atoms with Gasteiger partial charge in [0.2, 0.25) is 5.91 Å². The van der Waals surface area contributed by atoms with Crippen molar-refractivity contribution in [1.82, 2.24) is 10.2 Å². The van der Waals surface area contributed by atoms with Crippen molar-refractivity contribution in [2.75, 3.05) is 19.6 Å². The van der Waals surface area contributed by atoms with E-state index in [1.54, 1.807) is 0 Å². The number of benzene rings is 2. The fourth-order valence-electron chi connectivity index (χ4n) is 4.75. The molecule has 1 fully saturated rings. The van der Waals surface area contributed by atoms with Crippen molar-refractivity contribution in [1.29, 1.82) is 0 Å². The minimum Gasteiger partial charge on any atom is -0.386 e. The quantitative estimate of drug-likeness (QED) is 0.700. The smallest absolute Gasteiger partial charge is 0.220 e. The average Bonchev–Trinajstić information content (AvgIpc) is 3.37. The van der Waals surface area contributed by atoms with Crippen LogP contribution in [-0.2, 0) is 17.6 Å². The summed E-state index contributed by atoms with van der Waals surface area (Å²) in [5.41, 5.74) is 2.75. The molecule has 2 unspecified atom stereocenters. The summed E-state index contributed by atoms with van der Waals surface area (Å²) < 4.78 is 14.4. The van der Waals surface area contributed by atoms with E-state index in [1.165, 1.54) is 29.3 Å². The molecule has 2 aromatic carbocycles. The number of carbonyl (C=O) groups is 1. The molecule has 2 aliphatic rings. The first-order valence-electron chi connectivity index (χ1n) is 10.7. The van der Waals surface area contributed by atoms with Crippen LogP contribution in [0.2, 0.25) is 5.02 Å². The molecule has 160 valence electrons. The highest BCUT2D eigenvalue weighted by atomic mass is 35.5. The Morgan fingerprint density at radius 1 is 1.17 bits per heavy atom. The Bertz CT molecular complexity index is 876. The number of aliphatic hydroxyl groups excluding tert-OH is 1. The molecule has 0 radical (unpaired) electrons. The van der Waals surface area contributed by atoms with E-state index in [9.17, 15) is 14.3 Å². The van der Waals surface area contributed by atoms with E-state index in [0.717, 1.165) is 38.8 Å². The number of rotatable bonds is 7. The van der Waals surface area contributed by atoms with Gasteiger partial charge in [0.15, 0.2) is 0 Å². The van der Waals surface area contributed by atoms with Crippen molar-refractivity contribution in [3.05, 3.63) is 70.0 Å². The number of nitrogens with one attached hydrogen (secondary N) is 1. The van der Waals surface area contributed by atoms with Crippen molar-refractivity contribution in [2.24, 2.45) is 5.92 Å². The number of halogens is 2. The molecule has 1 amide bonds. The van der Waals surface area contributed by atoms with Crippen molar-refractivity contribution in [3.63, 3.8) is 0 Å². The van der Waals surface area contributed by atoms with Crippen molar-refractivity contribution in [3.8, 4) is 0 Å². The van der Waals surface area contributed by atoms with Crippen LogP contribution < -0.4 is 5.32 Å². The van der Waals surface area contributed by atoms with Gasteiger partial charge in [-0.1, -0.05) is 35.9 Å². The molecule has 1 aliphatic carbocycles. The Kier molecular flexibility index (Phi) is 6.71. The summed E-state index contributed by atoms with van der Waals surface area (Å²) in [5.74, 6) is -0.354. The van der Waals surface area contributed by atoms with Gasteiger partial charge in [-0.25, -0.2) is 4.39 Å². The van der Waals surface area contributed by atoms with E-state index < -0.39 is 18.0 Å². The van der Waals surface area contributed by atoms with Gasteiger partial charge in [0.25, 0.3) is 0 Å². The van der Waals surface area contributed by atoms with Crippen LogP contribution in [0.15, 0.2) is 42.5 Å². The summed E-state index contributed by atoms with van der Waals surface area (Å²) in [4.78, 5) is 15.1. The van der Waals surface area contributed by atoms with Crippen LogP contribution in [0.1, 0.15) is 42.1 Å². The van der Waals surface area contributed by atoms with Gasteiger partial charge in [-0.05, 0) is 74.0 Å². The van der Waals surface area contributed by atoms with Crippen LogP contribution in [0.4, 0.5) is 4.39 Å². The zero-order valence-electron chi connectivity index (χ0n) is 17.0. The van der Waals surface area contributed by atoms with Gasteiger partial charge in [0, 0.05) is 23.6 Å². The fourth-order valence-corrected chi connectivity index (χ4v) is 4.93. The second kappa shape index (κ2) is 9.46. The molecule has 4 rings (SSSR count). The largest absolute Gasteiger partial charge is 0.386 e. The lowest BCUT2D eigenvalue weighted by atomic mass is 9.98. The lowest BCUT2D eigenvalue weighted by molar-refractivity contribution is -0.123. The number of hydrogen-bond acceptors (Lipinski definition) is 3. The highest BCUT2D eigenvalue weighted by molar-refractivity contribution is 6.30. The van der Waals surface area contributed by atoms with Crippen LogP contribution in [0.3, 0.4) is 0 Å². The van der Waals surface area contributed by atoms with E-state index >= 15 is 0 Å². The normalized spacial score (nSPS) is 18.9. The number of aliphatic hydroxyl groups is 1. The summed E-state index contributed by atoms with van der Waals surface area (Å²) in [6.45, 7) is 2.34. The maximum Gasteiger partial charge on any atom is 0.220 e. The van der Waals surface area contributed by atoms with Crippen LogP contribution in [-0.4, -0.2) is 41.6 Å². The van der Waals surface area contributed by atoms with Crippen molar-refractivity contribution >= 4 is 17.5 Å². The molecule has 6 heteroatoms. The standard InChI is InChI=1S/C24H28ClFN2O2/c25-19-7-8-21(26)20(14-19)24(30)22(15-28-9-3-4-10-28)27-23(29)13-16-11-17-5-1-2-6-18(17)12-16/h1-2,5-8,14,16,22,24,30H,3-4,9-13,15H2,(H,27,29). The van der Waals surface area contributed by atoms with Crippen LogP contribution in [0, 0.1) is 11.7 Å². The molecule has 0 saturated carbocycles. The molecule has 4 nitrogen and oxygen atoms in total. The minimum atomic E-state index is -1.16. The summed E-state index contributed by atoms with van der Waals surface area (Å²) in [5, 5.41) is 14.3. The Morgan fingerprint density at radius 3 is 2.50 bits per heavy atom. The topological polar surface area (TPSA) is 52.6 Å². The molecule has 0 aromatic heterocycles. The zero-order valence-corrected chi connectivity index (χ0v) is 17.7. The molecule has 2 atom stereocenters. The van der Waals surface area contributed by atoms with Crippen molar-refractivity contribution < 1.29 is 14.3 Å². The maximum atomic E-state index is 14.4. The number of nitrogens with zero attached hydrogens (tertiary/aromatic N) is 1. The van der Waals surface area contributed by atoms with E-state index in [0.29, 0.717) is 18.0 Å². The third kappa shape index (κ3) is 5.02. The third-order valence-electron chi connectivity index (χ3n) is 6.27. The molecule has 1 saturated heterocycles. The lowest BCUT2D eigenvalue weighted by Crippen LogP contribution is -2.47. The Hall–Kier alpha value is -1.95. The highest BCUT2D eigenvalue weighted by Gasteiger charge is 2.30. The average molecular weight is 431 g/mol. The molecule has 1 aliphatic heterocycles. The van der Waals surface area contributed by atoms with Gasteiger partial charge < -0.3 is 15.3 Å². The zero-order chi connectivity index (χ0) is 21.1. The second-order valence-electron chi connectivity index (χ2n) is 8.54. The first-order chi connectivity index (χ1) is 14.5. The molecule has 1 heterocycles. The number of amides is 1. The minimum absolute atomic E-state index is 0.0986.